The Bertz CT molecular complexity index is 374. The van der Waals surface area contributed by atoms with Gasteiger partial charge in [-0.15, -0.1) is 0 Å². The van der Waals surface area contributed by atoms with Crippen LogP contribution < -0.4 is 0 Å². The van der Waals surface area contributed by atoms with Crippen molar-refractivity contribution in [2.75, 3.05) is 11.5 Å². The number of thioether (sulfide) groups is 1. The molecule has 0 spiro atoms. The molecule has 1 aliphatic rings. The van der Waals surface area contributed by atoms with Gasteiger partial charge in [0.25, 0.3) is 0 Å². The number of aliphatic hydroxyl groups excluding tert-OH is 1. The molecule has 0 amide bonds. The maximum absolute atomic E-state index is 10.6. The molecule has 1 aromatic rings. The van der Waals surface area contributed by atoms with Gasteiger partial charge in [-0.2, -0.15) is 11.8 Å². The summed E-state index contributed by atoms with van der Waals surface area (Å²) >= 11 is 1.88. The summed E-state index contributed by atoms with van der Waals surface area (Å²) in [5.74, 6) is 1.50. The van der Waals surface area contributed by atoms with Gasteiger partial charge in [0.05, 0.1) is 0 Å². The number of benzene rings is 1. The number of carbonyl (C=O) groups is 1. The highest BCUT2D eigenvalue weighted by molar-refractivity contribution is 8.00. The number of carboxylic acid groups (broad SMARTS) is 1. The highest BCUT2D eigenvalue weighted by Gasteiger charge is 2.22. The Balaban J connectivity index is 2.21. The van der Waals surface area contributed by atoms with E-state index in [2.05, 4.69) is 0 Å². The van der Waals surface area contributed by atoms with Crippen molar-refractivity contribution in [3.63, 3.8) is 0 Å². The largest absolute Gasteiger partial charge is 0.479 e. The third-order valence-electron chi connectivity index (χ3n) is 2.57. The first-order valence-electron chi connectivity index (χ1n) is 4.77. The topological polar surface area (TPSA) is 57.5 Å². The van der Waals surface area contributed by atoms with Crippen molar-refractivity contribution >= 4 is 17.7 Å². The molecule has 3 nitrogen and oxygen atoms in total. The van der Waals surface area contributed by atoms with Crippen molar-refractivity contribution in [1.82, 2.24) is 0 Å². The fourth-order valence-electron chi connectivity index (χ4n) is 1.55. The molecule has 0 aliphatic carbocycles. The summed E-state index contributed by atoms with van der Waals surface area (Å²) in [4.78, 5) is 10.6. The summed E-state index contributed by atoms with van der Waals surface area (Å²) in [5.41, 5.74) is 1.60. The minimum Gasteiger partial charge on any atom is -0.479 e. The first kappa shape index (κ1) is 10.5. The van der Waals surface area contributed by atoms with Crippen molar-refractivity contribution in [3.05, 3.63) is 35.4 Å². The Morgan fingerprint density at radius 3 is 2.73 bits per heavy atom. The lowest BCUT2D eigenvalue weighted by molar-refractivity contribution is -0.146. The van der Waals surface area contributed by atoms with Gasteiger partial charge >= 0.3 is 5.97 Å². The van der Waals surface area contributed by atoms with Gasteiger partial charge in [-0.1, -0.05) is 24.3 Å². The Morgan fingerprint density at radius 1 is 1.47 bits per heavy atom. The summed E-state index contributed by atoms with van der Waals surface area (Å²) in [6, 6.07) is 7.24. The highest BCUT2D eigenvalue weighted by atomic mass is 32.2. The summed E-state index contributed by atoms with van der Waals surface area (Å²) in [6.45, 7) is 0. The summed E-state index contributed by atoms with van der Waals surface area (Å²) in [6.07, 6.45) is -1.40. The average molecular weight is 224 g/mol. The van der Waals surface area contributed by atoms with Gasteiger partial charge in [0, 0.05) is 17.4 Å². The Morgan fingerprint density at radius 2 is 2.20 bits per heavy atom. The fraction of sp³-hybridized carbons (Fsp3) is 0.364. The molecule has 0 aromatic heterocycles. The predicted octanol–water partition coefficient (Wildman–Crippen LogP) is 1.64. The van der Waals surface area contributed by atoms with Gasteiger partial charge in [0.1, 0.15) is 0 Å². The van der Waals surface area contributed by atoms with Gasteiger partial charge in [0.2, 0.25) is 0 Å². The number of hydrogen-bond donors (Lipinski definition) is 2. The zero-order chi connectivity index (χ0) is 10.8. The lowest BCUT2D eigenvalue weighted by Gasteiger charge is -2.25. The van der Waals surface area contributed by atoms with E-state index in [1.807, 2.05) is 17.8 Å². The molecular weight excluding hydrogens is 212 g/mol. The number of carboxylic acids is 1. The zero-order valence-electron chi connectivity index (χ0n) is 8.09. The van der Waals surface area contributed by atoms with E-state index in [9.17, 15) is 9.90 Å². The second-order valence-electron chi connectivity index (χ2n) is 3.65. The van der Waals surface area contributed by atoms with E-state index >= 15 is 0 Å². The zero-order valence-corrected chi connectivity index (χ0v) is 8.91. The number of hydrogen-bond acceptors (Lipinski definition) is 3. The highest BCUT2D eigenvalue weighted by Crippen LogP contribution is 2.34. The van der Waals surface area contributed by atoms with E-state index in [-0.39, 0.29) is 0 Å². The van der Waals surface area contributed by atoms with Crippen LogP contribution in [0.1, 0.15) is 23.1 Å². The predicted molar refractivity (Wildman–Crippen MR) is 59.1 cm³/mol. The Kier molecular flexibility index (Phi) is 2.98. The second-order valence-corrected chi connectivity index (χ2v) is 4.72. The molecule has 1 aliphatic heterocycles. The van der Waals surface area contributed by atoms with Crippen molar-refractivity contribution in [2.45, 2.75) is 12.0 Å². The molecule has 0 radical (unpaired) electrons. The number of rotatable bonds is 3. The molecule has 2 N–H and O–H groups in total. The normalized spacial score (nSPS) is 18.2. The molecule has 2 rings (SSSR count). The lowest BCUT2D eigenvalue weighted by Crippen LogP contribution is -2.16. The van der Waals surface area contributed by atoms with Gasteiger partial charge in [-0.25, -0.2) is 4.79 Å². The first-order valence-corrected chi connectivity index (χ1v) is 5.92. The Labute approximate surface area is 92.1 Å². The van der Waals surface area contributed by atoms with Crippen LogP contribution in [0.4, 0.5) is 0 Å². The minimum atomic E-state index is -1.40. The van der Waals surface area contributed by atoms with Crippen LogP contribution in [0.5, 0.6) is 0 Å². The van der Waals surface area contributed by atoms with Gasteiger partial charge in [-0.3, -0.25) is 0 Å². The molecule has 0 saturated carbocycles. The Hall–Kier alpha value is -1.00. The quantitative estimate of drug-likeness (QED) is 0.819. The van der Waals surface area contributed by atoms with Gasteiger partial charge in [-0.05, 0) is 11.1 Å². The van der Waals surface area contributed by atoms with Crippen molar-refractivity contribution in [1.29, 1.82) is 0 Å². The fourth-order valence-corrected chi connectivity index (χ4v) is 2.41. The molecule has 1 unspecified atom stereocenters. The second kappa shape index (κ2) is 4.24. The van der Waals surface area contributed by atoms with Crippen LogP contribution in [-0.2, 0) is 4.79 Å². The maximum Gasteiger partial charge on any atom is 0.337 e. The van der Waals surface area contributed by atoms with Crippen LogP contribution in [0.25, 0.3) is 0 Å². The van der Waals surface area contributed by atoms with Crippen molar-refractivity contribution < 1.29 is 15.0 Å². The molecule has 1 fully saturated rings. The van der Waals surface area contributed by atoms with Crippen LogP contribution in [0.2, 0.25) is 0 Å². The van der Waals surface area contributed by atoms with E-state index in [0.717, 1.165) is 17.1 Å². The van der Waals surface area contributed by atoms with Crippen LogP contribution in [0, 0.1) is 0 Å². The molecular formula is C11H12O3S. The van der Waals surface area contributed by atoms with Crippen LogP contribution >= 0.6 is 11.8 Å². The van der Waals surface area contributed by atoms with E-state index in [1.165, 1.54) is 0 Å². The number of aliphatic hydroxyl groups is 1. The summed E-state index contributed by atoms with van der Waals surface area (Å²) < 4.78 is 0. The molecule has 1 heterocycles. The summed E-state index contributed by atoms with van der Waals surface area (Å²) in [5, 5.41) is 18.1. The van der Waals surface area contributed by atoms with Crippen LogP contribution in [0.3, 0.4) is 0 Å². The molecule has 1 saturated heterocycles. The molecule has 1 atom stereocenters. The summed E-state index contributed by atoms with van der Waals surface area (Å²) in [7, 11) is 0. The molecule has 0 bridgehead atoms. The van der Waals surface area contributed by atoms with E-state index < -0.39 is 12.1 Å². The number of aliphatic carboxylic acids is 1. The SMILES string of the molecule is O=C(O)C(O)c1cccc(C2CSC2)c1. The van der Waals surface area contributed by atoms with Crippen LogP contribution in [0.15, 0.2) is 24.3 Å². The van der Waals surface area contributed by atoms with E-state index in [0.29, 0.717) is 11.5 Å². The first-order chi connectivity index (χ1) is 7.18. The maximum atomic E-state index is 10.6. The van der Waals surface area contributed by atoms with Crippen molar-refractivity contribution in [2.24, 2.45) is 0 Å². The smallest absolute Gasteiger partial charge is 0.337 e. The molecule has 80 valence electrons. The third-order valence-corrected chi connectivity index (χ3v) is 3.85. The molecule has 1 aromatic carbocycles. The van der Waals surface area contributed by atoms with Crippen LogP contribution in [-0.4, -0.2) is 27.7 Å². The van der Waals surface area contributed by atoms with E-state index in [4.69, 9.17) is 5.11 Å². The minimum absolute atomic E-state index is 0.469. The standard InChI is InChI=1S/C11H12O3S/c12-10(11(13)14)8-3-1-2-7(4-8)9-5-15-6-9/h1-4,9-10,12H,5-6H2,(H,13,14). The molecule has 15 heavy (non-hydrogen) atoms. The van der Waals surface area contributed by atoms with Crippen molar-refractivity contribution in [3.8, 4) is 0 Å². The van der Waals surface area contributed by atoms with Gasteiger partial charge in [0.15, 0.2) is 6.10 Å². The van der Waals surface area contributed by atoms with E-state index in [1.54, 1.807) is 18.2 Å². The third kappa shape index (κ3) is 2.16. The van der Waals surface area contributed by atoms with Gasteiger partial charge < -0.3 is 10.2 Å². The average Bonchev–Trinajstić information content (AvgIpc) is 2.14. The lowest BCUT2D eigenvalue weighted by atomic mass is 9.98. The molecule has 4 heteroatoms. The monoisotopic (exact) mass is 224 g/mol.